The van der Waals surface area contributed by atoms with Crippen molar-refractivity contribution >= 4 is 0 Å². The van der Waals surface area contributed by atoms with E-state index in [1.165, 1.54) is 6.92 Å². The van der Waals surface area contributed by atoms with Crippen molar-refractivity contribution in [3.05, 3.63) is 12.2 Å². The Bertz CT molecular complexity index is 605. The average molecular weight is 447 g/mol. The summed E-state index contributed by atoms with van der Waals surface area (Å²) in [6.45, 7) is 7.96. The molecule has 31 heavy (non-hydrogen) atoms. The standard InChI is InChI=1S/C25H42F4N2/c1-16(2)30-22(21-11-12-23(26)31-21)15-19-14-18(8-7-17(19)3)9-10-20-6-5-13-24(20,4)25(27,28)29/h9-10,16-23,30-31H,5-8,11-15H2,1-4H3/b10-9+. The lowest BCUT2D eigenvalue weighted by Gasteiger charge is -2.38. The fraction of sp³-hybridized carbons (Fsp3) is 0.920. The maximum Gasteiger partial charge on any atom is 0.394 e. The molecule has 180 valence electrons. The summed E-state index contributed by atoms with van der Waals surface area (Å²) in [5.74, 6) is 1.06. The molecule has 0 radical (unpaired) electrons. The molecule has 0 aromatic heterocycles. The topological polar surface area (TPSA) is 24.1 Å². The third-order valence-electron chi connectivity index (χ3n) is 8.41. The van der Waals surface area contributed by atoms with Gasteiger partial charge in [-0.3, -0.25) is 5.32 Å². The maximum atomic E-state index is 13.8. The predicted molar refractivity (Wildman–Crippen MR) is 118 cm³/mol. The average Bonchev–Trinajstić information content (AvgIpc) is 3.27. The molecule has 3 rings (SSSR count). The van der Waals surface area contributed by atoms with E-state index in [-0.39, 0.29) is 18.5 Å². The SMILES string of the molecule is CC(C)NC(CC1CC(/C=C/C2CCCC2(C)C(F)(F)F)CCC1C)C1CCC(F)N1. The summed E-state index contributed by atoms with van der Waals surface area (Å²) in [6.07, 6.45) is 6.10. The largest absolute Gasteiger partial charge is 0.394 e. The fourth-order valence-electron chi connectivity index (χ4n) is 6.24. The van der Waals surface area contributed by atoms with Gasteiger partial charge in [-0.25, -0.2) is 4.39 Å². The Kier molecular flexibility index (Phi) is 8.16. The van der Waals surface area contributed by atoms with E-state index in [1.807, 2.05) is 6.08 Å². The number of rotatable bonds is 7. The molecule has 0 spiro atoms. The number of hydrogen-bond acceptors (Lipinski definition) is 2. The Morgan fingerprint density at radius 2 is 1.84 bits per heavy atom. The van der Waals surface area contributed by atoms with E-state index in [0.29, 0.717) is 43.1 Å². The first-order valence-electron chi connectivity index (χ1n) is 12.4. The van der Waals surface area contributed by atoms with Gasteiger partial charge in [-0.15, -0.1) is 0 Å². The van der Waals surface area contributed by atoms with E-state index in [4.69, 9.17) is 0 Å². The third-order valence-corrected chi connectivity index (χ3v) is 8.41. The Hall–Kier alpha value is -0.620. The first kappa shape index (κ1) is 25.0. The van der Waals surface area contributed by atoms with E-state index in [1.54, 1.807) is 0 Å². The molecule has 2 N–H and O–H groups in total. The van der Waals surface area contributed by atoms with Gasteiger partial charge in [-0.2, -0.15) is 13.2 Å². The summed E-state index contributed by atoms with van der Waals surface area (Å²) >= 11 is 0. The highest BCUT2D eigenvalue weighted by atomic mass is 19.4. The highest BCUT2D eigenvalue weighted by molar-refractivity contribution is 5.06. The van der Waals surface area contributed by atoms with Crippen LogP contribution in [-0.4, -0.2) is 30.6 Å². The van der Waals surface area contributed by atoms with Crippen molar-refractivity contribution in [3.63, 3.8) is 0 Å². The molecule has 2 saturated carbocycles. The number of halogens is 4. The van der Waals surface area contributed by atoms with Crippen molar-refractivity contribution in [2.75, 3.05) is 0 Å². The van der Waals surface area contributed by atoms with Gasteiger partial charge < -0.3 is 5.32 Å². The molecule has 1 heterocycles. The highest BCUT2D eigenvalue weighted by Crippen LogP contribution is 2.54. The van der Waals surface area contributed by atoms with Crippen LogP contribution in [0.15, 0.2) is 12.2 Å². The molecule has 6 heteroatoms. The molecule has 2 aliphatic carbocycles. The molecule has 8 atom stereocenters. The van der Waals surface area contributed by atoms with Gasteiger partial charge >= 0.3 is 6.18 Å². The van der Waals surface area contributed by atoms with Crippen molar-refractivity contribution in [2.45, 2.75) is 116 Å². The minimum Gasteiger partial charge on any atom is -0.310 e. The minimum atomic E-state index is -4.14. The van der Waals surface area contributed by atoms with Gasteiger partial charge in [-0.1, -0.05) is 46.3 Å². The van der Waals surface area contributed by atoms with Crippen molar-refractivity contribution < 1.29 is 17.6 Å². The molecule has 0 aromatic rings. The first-order valence-corrected chi connectivity index (χ1v) is 12.4. The molecule has 0 amide bonds. The van der Waals surface area contributed by atoms with E-state index in [0.717, 1.165) is 32.1 Å². The van der Waals surface area contributed by atoms with Crippen molar-refractivity contribution in [1.82, 2.24) is 10.6 Å². The Balaban J connectivity index is 1.63. The lowest BCUT2D eigenvalue weighted by molar-refractivity contribution is -0.224. The zero-order valence-corrected chi connectivity index (χ0v) is 19.6. The summed E-state index contributed by atoms with van der Waals surface area (Å²) in [4.78, 5) is 0. The van der Waals surface area contributed by atoms with Gasteiger partial charge in [0.2, 0.25) is 0 Å². The highest BCUT2D eigenvalue weighted by Gasteiger charge is 2.56. The molecule has 2 nitrogen and oxygen atoms in total. The smallest absolute Gasteiger partial charge is 0.310 e. The summed E-state index contributed by atoms with van der Waals surface area (Å²) in [7, 11) is 0. The monoisotopic (exact) mass is 446 g/mol. The van der Waals surface area contributed by atoms with E-state index >= 15 is 0 Å². The number of nitrogens with one attached hydrogen (secondary N) is 2. The number of alkyl halides is 4. The Morgan fingerprint density at radius 3 is 2.45 bits per heavy atom. The predicted octanol–water partition coefficient (Wildman–Crippen LogP) is 6.77. The van der Waals surface area contributed by atoms with Gasteiger partial charge in [0.25, 0.3) is 0 Å². The summed E-state index contributed by atoms with van der Waals surface area (Å²) in [6, 6.07) is 0.730. The Morgan fingerprint density at radius 1 is 1.10 bits per heavy atom. The second-order valence-electron chi connectivity index (χ2n) is 11.1. The van der Waals surface area contributed by atoms with Gasteiger partial charge in [0.05, 0.1) is 5.41 Å². The van der Waals surface area contributed by atoms with Crippen LogP contribution in [0.25, 0.3) is 0 Å². The van der Waals surface area contributed by atoms with Crippen LogP contribution >= 0.6 is 0 Å². The fourth-order valence-corrected chi connectivity index (χ4v) is 6.24. The molecule has 3 aliphatic rings. The van der Waals surface area contributed by atoms with Crippen molar-refractivity contribution in [3.8, 4) is 0 Å². The van der Waals surface area contributed by atoms with Crippen LogP contribution in [0, 0.1) is 29.1 Å². The molecular formula is C25H42F4N2. The summed E-state index contributed by atoms with van der Waals surface area (Å²) in [5.41, 5.74) is -1.58. The lowest BCUT2D eigenvalue weighted by atomic mass is 9.71. The minimum absolute atomic E-state index is 0.159. The second-order valence-corrected chi connectivity index (χ2v) is 11.1. The Labute approximate surface area is 186 Å². The van der Waals surface area contributed by atoms with E-state index < -0.39 is 23.8 Å². The quantitative estimate of drug-likeness (QED) is 0.256. The second kappa shape index (κ2) is 10.1. The van der Waals surface area contributed by atoms with Gasteiger partial charge in [0.15, 0.2) is 6.30 Å². The molecule has 1 aliphatic heterocycles. The molecule has 0 bridgehead atoms. The summed E-state index contributed by atoms with van der Waals surface area (Å²) in [5, 5.41) is 6.77. The molecular weight excluding hydrogens is 404 g/mol. The third kappa shape index (κ3) is 6.04. The van der Waals surface area contributed by atoms with Crippen molar-refractivity contribution in [2.24, 2.45) is 29.1 Å². The maximum absolute atomic E-state index is 13.8. The zero-order chi connectivity index (χ0) is 22.8. The molecule has 8 unspecified atom stereocenters. The van der Waals surface area contributed by atoms with Crippen LogP contribution in [0.4, 0.5) is 17.6 Å². The normalized spacial score (nSPS) is 40.8. The molecule has 3 fully saturated rings. The van der Waals surface area contributed by atoms with Crippen LogP contribution in [-0.2, 0) is 0 Å². The lowest BCUT2D eigenvalue weighted by Crippen LogP contribution is -2.50. The zero-order valence-electron chi connectivity index (χ0n) is 19.6. The van der Waals surface area contributed by atoms with Gasteiger partial charge in [0, 0.05) is 18.1 Å². The van der Waals surface area contributed by atoms with Gasteiger partial charge in [0.1, 0.15) is 0 Å². The van der Waals surface area contributed by atoms with Crippen LogP contribution in [0.3, 0.4) is 0 Å². The van der Waals surface area contributed by atoms with Crippen LogP contribution < -0.4 is 10.6 Å². The van der Waals surface area contributed by atoms with E-state index in [2.05, 4.69) is 37.5 Å². The summed E-state index contributed by atoms with van der Waals surface area (Å²) < 4.78 is 54.6. The molecule has 0 aromatic carbocycles. The number of hydrogen-bond donors (Lipinski definition) is 2. The van der Waals surface area contributed by atoms with Crippen LogP contribution in [0.2, 0.25) is 0 Å². The number of allylic oxidation sites excluding steroid dienone is 2. The van der Waals surface area contributed by atoms with Crippen molar-refractivity contribution in [1.29, 1.82) is 0 Å². The molecule has 1 saturated heterocycles. The van der Waals surface area contributed by atoms with Crippen LogP contribution in [0.1, 0.15) is 85.5 Å². The van der Waals surface area contributed by atoms with Crippen LogP contribution in [0.5, 0.6) is 0 Å². The van der Waals surface area contributed by atoms with E-state index in [9.17, 15) is 17.6 Å². The first-order chi connectivity index (χ1) is 14.5. The van der Waals surface area contributed by atoms with Gasteiger partial charge in [-0.05, 0) is 75.0 Å².